The SMILES string of the molecule is CCCCn1nnc(CC(N)=O)c1C. The van der Waals surface area contributed by atoms with Crippen molar-refractivity contribution in [2.75, 3.05) is 0 Å². The molecule has 78 valence electrons. The van der Waals surface area contributed by atoms with E-state index in [1.165, 1.54) is 0 Å². The lowest BCUT2D eigenvalue weighted by atomic mass is 10.2. The van der Waals surface area contributed by atoms with Crippen molar-refractivity contribution in [3.63, 3.8) is 0 Å². The molecule has 0 aliphatic carbocycles. The average molecular weight is 196 g/mol. The maximum absolute atomic E-state index is 10.7. The van der Waals surface area contributed by atoms with Gasteiger partial charge in [-0.15, -0.1) is 5.10 Å². The molecule has 2 N–H and O–H groups in total. The number of hydrogen-bond acceptors (Lipinski definition) is 3. The zero-order chi connectivity index (χ0) is 10.6. The summed E-state index contributed by atoms with van der Waals surface area (Å²) < 4.78 is 1.82. The average Bonchev–Trinajstić information content (AvgIpc) is 2.45. The lowest BCUT2D eigenvalue weighted by Crippen LogP contribution is -2.14. The number of hydrogen-bond donors (Lipinski definition) is 1. The highest BCUT2D eigenvalue weighted by atomic mass is 16.1. The van der Waals surface area contributed by atoms with E-state index in [0.717, 1.165) is 25.1 Å². The largest absolute Gasteiger partial charge is 0.369 e. The van der Waals surface area contributed by atoms with Crippen LogP contribution in [0.5, 0.6) is 0 Å². The van der Waals surface area contributed by atoms with Gasteiger partial charge >= 0.3 is 0 Å². The summed E-state index contributed by atoms with van der Waals surface area (Å²) in [6, 6.07) is 0. The Labute approximate surface area is 83.3 Å². The first-order valence-corrected chi connectivity index (χ1v) is 4.82. The summed E-state index contributed by atoms with van der Waals surface area (Å²) >= 11 is 0. The zero-order valence-corrected chi connectivity index (χ0v) is 8.66. The van der Waals surface area contributed by atoms with E-state index < -0.39 is 0 Å². The molecule has 0 aromatic carbocycles. The molecule has 0 unspecified atom stereocenters. The smallest absolute Gasteiger partial charge is 0.223 e. The second-order valence-corrected chi connectivity index (χ2v) is 3.34. The van der Waals surface area contributed by atoms with E-state index in [9.17, 15) is 4.79 Å². The van der Waals surface area contributed by atoms with E-state index in [1.54, 1.807) is 0 Å². The van der Waals surface area contributed by atoms with Gasteiger partial charge < -0.3 is 5.73 Å². The third-order valence-electron chi connectivity index (χ3n) is 2.14. The molecule has 0 atom stereocenters. The Balaban J connectivity index is 2.69. The minimum Gasteiger partial charge on any atom is -0.369 e. The van der Waals surface area contributed by atoms with Crippen LogP contribution < -0.4 is 5.73 Å². The van der Waals surface area contributed by atoms with Gasteiger partial charge in [0.05, 0.1) is 17.8 Å². The van der Waals surface area contributed by atoms with Gasteiger partial charge in [0, 0.05) is 6.54 Å². The maximum atomic E-state index is 10.7. The normalized spacial score (nSPS) is 10.4. The Hall–Kier alpha value is -1.39. The Morgan fingerprint density at radius 1 is 1.57 bits per heavy atom. The molecule has 1 amide bonds. The van der Waals surface area contributed by atoms with Gasteiger partial charge in [-0.05, 0) is 13.3 Å². The summed E-state index contributed by atoms with van der Waals surface area (Å²) in [5, 5.41) is 7.89. The van der Waals surface area contributed by atoms with E-state index in [0.29, 0.717) is 5.69 Å². The van der Waals surface area contributed by atoms with Crippen LogP contribution in [-0.2, 0) is 17.8 Å². The molecule has 0 aliphatic rings. The molecule has 1 rings (SSSR count). The number of carbonyl (C=O) groups excluding carboxylic acids is 1. The van der Waals surface area contributed by atoms with Crippen LogP contribution in [0.2, 0.25) is 0 Å². The Morgan fingerprint density at radius 3 is 2.86 bits per heavy atom. The third-order valence-corrected chi connectivity index (χ3v) is 2.14. The first-order valence-electron chi connectivity index (χ1n) is 4.82. The van der Waals surface area contributed by atoms with Crippen molar-refractivity contribution in [1.29, 1.82) is 0 Å². The number of primary amides is 1. The number of nitrogens with zero attached hydrogens (tertiary/aromatic N) is 3. The third kappa shape index (κ3) is 2.55. The zero-order valence-electron chi connectivity index (χ0n) is 8.66. The molecule has 14 heavy (non-hydrogen) atoms. The monoisotopic (exact) mass is 196 g/mol. The van der Waals surface area contributed by atoms with Crippen molar-refractivity contribution in [3.8, 4) is 0 Å². The lowest BCUT2D eigenvalue weighted by molar-refractivity contribution is -0.117. The molecule has 0 radical (unpaired) electrons. The van der Waals surface area contributed by atoms with Gasteiger partial charge in [-0.25, -0.2) is 4.68 Å². The number of aryl methyl sites for hydroxylation is 1. The van der Waals surface area contributed by atoms with Crippen molar-refractivity contribution in [2.24, 2.45) is 5.73 Å². The topological polar surface area (TPSA) is 73.8 Å². The van der Waals surface area contributed by atoms with Crippen LogP contribution in [0.15, 0.2) is 0 Å². The highest BCUT2D eigenvalue weighted by Crippen LogP contribution is 2.05. The van der Waals surface area contributed by atoms with Gasteiger partial charge in [-0.3, -0.25) is 4.79 Å². The summed E-state index contributed by atoms with van der Waals surface area (Å²) in [7, 11) is 0. The molecule has 5 heteroatoms. The first-order chi connectivity index (χ1) is 6.65. The molecule has 0 fully saturated rings. The number of nitrogens with two attached hydrogens (primary N) is 1. The Kier molecular flexibility index (Phi) is 3.62. The quantitative estimate of drug-likeness (QED) is 0.741. The van der Waals surface area contributed by atoms with Crippen LogP contribution in [0.3, 0.4) is 0 Å². The van der Waals surface area contributed by atoms with E-state index in [4.69, 9.17) is 5.73 Å². The predicted octanol–water partition coefficient (Wildman–Crippen LogP) is 0.414. The fraction of sp³-hybridized carbons (Fsp3) is 0.667. The van der Waals surface area contributed by atoms with Crippen molar-refractivity contribution < 1.29 is 4.79 Å². The molecule has 0 aliphatic heterocycles. The molecule has 1 heterocycles. The molecule has 0 spiro atoms. The minimum absolute atomic E-state index is 0.179. The van der Waals surface area contributed by atoms with Crippen molar-refractivity contribution >= 4 is 5.91 Å². The minimum atomic E-state index is -0.365. The molecule has 5 nitrogen and oxygen atoms in total. The molecular formula is C9H16N4O. The highest BCUT2D eigenvalue weighted by Gasteiger charge is 2.09. The van der Waals surface area contributed by atoms with Gasteiger partial charge in [0.2, 0.25) is 5.91 Å². The highest BCUT2D eigenvalue weighted by molar-refractivity contribution is 5.76. The predicted molar refractivity (Wildman–Crippen MR) is 52.6 cm³/mol. The van der Waals surface area contributed by atoms with Crippen LogP contribution in [0.25, 0.3) is 0 Å². The second kappa shape index (κ2) is 4.74. The van der Waals surface area contributed by atoms with Crippen molar-refractivity contribution in [3.05, 3.63) is 11.4 Å². The van der Waals surface area contributed by atoms with Crippen LogP contribution in [0.1, 0.15) is 31.2 Å². The number of amides is 1. The summed E-state index contributed by atoms with van der Waals surface area (Å²) in [6.07, 6.45) is 2.36. The maximum Gasteiger partial charge on any atom is 0.223 e. The number of unbranched alkanes of at least 4 members (excludes halogenated alkanes) is 1. The molecule has 0 saturated heterocycles. The lowest BCUT2D eigenvalue weighted by Gasteiger charge is -2.01. The molecule has 0 bridgehead atoms. The fourth-order valence-corrected chi connectivity index (χ4v) is 1.24. The standard InChI is InChI=1S/C9H16N4O/c1-3-4-5-13-7(2)8(11-12-13)6-9(10)14/h3-6H2,1-2H3,(H2,10,14). The number of aromatic nitrogens is 3. The number of rotatable bonds is 5. The summed E-state index contributed by atoms with van der Waals surface area (Å²) in [5.41, 5.74) is 6.72. The Morgan fingerprint density at radius 2 is 2.29 bits per heavy atom. The van der Waals surface area contributed by atoms with Gasteiger partial charge in [0.15, 0.2) is 0 Å². The van der Waals surface area contributed by atoms with Gasteiger partial charge in [-0.1, -0.05) is 18.6 Å². The van der Waals surface area contributed by atoms with Gasteiger partial charge in [0.1, 0.15) is 0 Å². The van der Waals surface area contributed by atoms with E-state index >= 15 is 0 Å². The van der Waals surface area contributed by atoms with E-state index in [2.05, 4.69) is 17.2 Å². The van der Waals surface area contributed by atoms with Crippen LogP contribution in [0.4, 0.5) is 0 Å². The van der Waals surface area contributed by atoms with E-state index in [1.807, 2.05) is 11.6 Å². The first kappa shape index (κ1) is 10.7. The van der Waals surface area contributed by atoms with Crippen LogP contribution >= 0.6 is 0 Å². The molecule has 1 aromatic rings. The summed E-state index contributed by atoms with van der Waals surface area (Å²) in [4.78, 5) is 10.7. The molecule has 0 saturated carbocycles. The van der Waals surface area contributed by atoms with Crippen LogP contribution in [0, 0.1) is 6.92 Å². The molecular weight excluding hydrogens is 180 g/mol. The van der Waals surface area contributed by atoms with Gasteiger partial charge in [0.25, 0.3) is 0 Å². The van der Waals surface area contributed by atoms with Crippen molar-refractivity contribution in [2.45, 2.75) is 39.7 Å². The second-order valence-electron chi connectivity index (χ2n) is 3.34. The van der Waals surface area contributed by atoms with E-state index in [-0.39, 0.29) is 12.3 Å². The fourth-order valence-electron chi connectivity index (χ4n) is 1.24. The van der Waals surface area contributed by atoms with Gasteiger partial charge in [-0.2, -0.15) is 0 Å². The van der Waals surface area contributed by atoms with Crippen LogP contribution in [-0.4, -0.2) is 20.9 Å². The summed E-state index contributed by atoms with van der Waals surface area (Å²) in [6.45, 7) is 4.89. The number of carbonyl (C=O) groups is 1. The molecule has 1 aromatic heterocycles. The summed E-state index contributed by atoms with van der Waals surface area (Å²) in [5.74, 6) is -0.365. The van der Waals surface area contributed by atoms with Crippen molar-refractivity contribution in [1.82, 2.24) is 15.0 Å². The Bertz CT molecular complexity index is 319.